The minimum absolute atomic E-state index is 0.741. The molecule has 118 valence electrons. The van der Waals surface area contributed by atoms with E-state index < -0.39 is 0 Å². The van der Waals surface area contributed by atoms with Crippen LogP contribution in [0.3, 0.4) is 0 Å². The molecule has 2 aromatic rings. The van der Waals surface area contributed by atoms with E-state index in [0.29, 0.717) is 0 Å². The summed E-state index contributed by atoms with van der Waals surface area (Å²) in [6.07, 6.45) is 0.879. The second-order valence-corrected chi connectivity index (χ2v) is 5.71. The molecule has 0 saturated heterocycles. The molecule has 0 amide bonds. The predicted molar refractivity (Wildman–Crippen MR) is 91.8 cm³/mol. The van der Waals surface area contributed by atoms with E-state index in [0.717, 1.165) is 36.9 Å². The summed E-state index contributed by atoms with van der Waals surface area (Å²) >= 11 is 1.65. The lowest BCUT2D eigenvalue weighted by Crippen LogP contribution is -2.37. The molecule has 2 rings (SSSR count). The molecule has 0 spiro atoms. The molecular weight excluding hydrogens is 296 g/mol. The molecule has 0 unspecified atom stereocenters. The summed E-state index contributed by atoms with van der Waals surface area (Å²) in [5.74, 6) is 1.72. The fourth-order valence-corrected chi connectivity index (χ4v) is 2.82. The van der Waals surface area contributed by atoms with Gasteiger partial charge in [-0.25, -0.2) is 4.98 Å². The molecule has 1 aromatic heterocycles. The van der Waals surface area contributed by atoms with Crippen molar-refractivity contribution in [1.29, 1.82) is 0 Å². The number of thiazole rings is 1. The number of para-hydroxylation sites is 1. The first-order valence-electron chi connectivity index (χ1n) is 7.20. The zero-order valence-corrected chi connectivity index (χ0v) is 14.0. The van der Waals surface area contributed by atoms with Crippen molar-refractivity contribution in [3.63, 3.8) is 0 Å². The SMILES string of the molecule is CN=C(NCCc1ccccc1OC)NCc1scnc1C. The lowest BCUT2D eigenvalue weighted by Gasteiger charge is -2.12. The van der Waals surface area contributed by atoms with Gasteiger partial charge in [0, 0.05) is 18.5 Å². The largest absolute Gasteiger partial charge is 0.496 e. The molecule has 2 N–H and O–H groups in total. The van der Waals surface area contributed by atoms with Crippen molar-refractivity contribution in [2.75, 3.05) is 20.7 Å². The Hall–Kier alpha value is -2.08. The van der Waals surface area contributed by atoms with Gasteiger partial charge in [-0.2, -0.15) is 0 Å². The first-order valence-corrected chi connectivity index (χ1v) is 8.08. The molecule has 1 heterocycles. The number of aromatic nitrogens is 1. The monoisotopic (exact) mass is 318 g/mol. The van der Waals surface area contributed by atoms with Crippen molar-refractivity contribution in [1.82, 2.24) is 15.6 Å². The quantitative estimate of drug-likeness (QED) is 0.634. The van der Waals surface area contributed by atoms with E-state index in [1.807, 2.05) is 30.6 Å². The van der Waals surface area contributed by atoms with Crippen LogP contribution in [0.5, 0.6) is 5.75 Å². The number of hydrogen-bond acceptors (Lipinski definition) is 4. The first kappa shape index (κ1) is 16.3. The molecule has 0 aliphatic rings. The third-order valence-electron chi connectivity index (χ3n) is 3.36. The zero-order valence-electron chi connectivity index (χ0n) is 13.2. The number of aryl methyl sites for hydroxylation is 1. The number of aliphatic imine (C=N–C) groups is 1. The van der Waals surface area contributed by atoms with Crippen LogP contribution in [0, 0.1) is 6.92 Å². The molecule has 5 nitrogen and oxygen atoms in total. The first-order chi connectivity index (χ1) is 10.7. The van der Waals surface area contributed by atoms with Gasteiger partial charge in [-0.1, -0.05) is 18.2 Å². The van der Waals surface area contributed by atoms with Crippen LogP contribution in [0.2, 0.25) is 0 Å². The highest BCUT2D eigenvalue weighted by Gasteiger charge is 2.04. The summed E-state index contributed by atoms with van der Waals surface area (Å²) in [5, 5.41) is 6.62. The summed E-state index contributed by atoms with van der Waals surface area (Å²) < 4.78 is 5.36. The Kier molecular flexibility index (Phi) is 6.21. The van der Waals surface area contributed by atoms with Crippen molar-refractivity contribution in [3.8, 4) is 5.75 Å². The van der Waals surface area contributed by atoms with Crippen LogP contribution in [-0.4, -0.2) is 31.6 Å². The average molecular weight is 318 g/mol. The maximum atomic E-state index is 5.36. The summed E-state index contributed by atoms with van der Waals surface area (Å²) in [7, 11) is 3.47. The van der Waals surface area contributed by atoms with E-state index in [2.05, 4.69) is 26.7 Å². The third-order valence-corrected chi connectivity index (χ3v) is 4.30. The normalized spacial score (nSPS) is 11.3. The van der Waals surface area contributed by atoms with Crippen molar-refractivity contribution in [2.24, 2.45) is 4.99 Å². The van der Waals surface area contributed by atoms with Crippen molar-refractivity contribution in [3.05, 3.63) is 45.9 Å². The maximum Gasteiger partial charge on any atom is 0.191 e. The molecule has 1 aromatic carbocycles. The summed E-state index contributed by atoms with van der Waals surface area (Å²) in [4.78, 5) is 9.71. The standard InChI is InChI=1S/C16H22N4OS/c1-12-15(22-11-20-12)10-19-16(17-2)18-9-8-13-6-4-5-7-14(13)21-3/h4-7,11H,8-10H2,1-3H3,(H2,17,18,19). The molecule has 0 aliphatic carbocycles. The summed E-state index contributed by atoms with van der Waals surface area (Å²) in [6, 6.07) is 8.07. The van der Waals surface area contributed by atoms with Crippen molar-refractivity contribution in [2.45, 2.75) is 19.9 Å². The molecule has 0 radical (unpaired) electrons. The molecule has 0 saturated carbocycles. The van der Waals surface area contributed by atoms with E-state index in [1.54, 1.807) is 25.5 Å². The van der Waals surface area contributed by atoms with Crippen LogP contribution < -0.4 is 15.4 Å². The van der Waals surface area contributed by atoms with Gasteiger partial charge in [-0.15, -0.1) is 11.3 Å². The van der Waals surface area contributed by atoms with Gasteiger partial charge in [0.15, 0.2) is 5.96 Å². The Labute approximate surface area is 135 Å². The second-order valence-electron chi connectivity index (χ2n) is 4.78. The van der Waals surface area contributed by atoms with E-state index >= 15 is 0 Å². The zero-order chi connectivity index (χ0) is 15.8. The highest BCUT2D eigenvalue weighted by molar-refractivity contribution is 7.09. The van der Waals surface area contributed by atoms with Crippen molar-refractivity contribution < 1.29 is 4.74 Å². The topological polar surface area (TPSA) is 58.5 Å². The Morgan fingerprint density at radius 2 is 2.14 bits per heavy atom. The van der Waals surface area contributed by atoms with Crippen LogP contribution in [0.25, 0.3) is 0 Å². The van der Waals surface area contributed by atoms with Gasteiger partial charge >= 0.3 is 0 Å². The minimum atomic E-state index is 0.741. The third kappa shape index (κ3) is 4.46. The van der Waals surface area contributed by atoms with Gasteiger partial charge in [0.1, 0.15) is 5.75 Å². The lowest BCUT2D eigenvalue weighted by molar-refractivity contribution is 0.409. The summed E-state index contributed by atoms with van der Waals surface area (Å²) in [5.41, 5.74) is 4.12. The molecule has 0 aliphatic heterocycles. The van der Waals surface area contributed by atoms with Gasteiger partial charge in [0.25, 0.3) is 0 Å². The molecule has 6 heteroatoms. The van der Waals surface area contributed by atoms with Gasteiger partial charge in [0.2, 0.25) is 0 Å². The molecular formula is C16H22N4OS. The predicted octanol–water partition coefficient (Wildman–Crippen LogP) is 2.37. The van der Waals surface area contributed by atoms with E-state index in [1.165, 1.54) is 10.4 Å². The van der Waals surface area contributed by atoms with Crippen LogP contribution in [0.4, 0.5) is 0 Å². The van der Waals surface area contributed by atoms with Gasteiger partial charge in [0.05, 0.1) is 24.9 Å². The molecule has 22 heavy (non-hydrogen) atoms. The van der Waals surface area contributed by atoms with E-state index in [4.69, 9.17) is 4.74 Å². The van der Waals surface area contributed by atoms with E-state index in [9.17, 15) is 0 Å². The number of guanidine groups is 1. The maximum absolute atomic E-state index is 5.36. The highest BCUT2D eigenvalue weighted by Crippen LogP contribution is 2.17. The Morgan fingerprint density at radius 3 is 2.82 bits per heavy atom. The minimum Gasteiger partial charge on any atom is -0.496 e. The molecule has 0 atom stereocenters. The van der Waals surface area contributed by atoms with Gasteiger partial charge < -0.3 is 15.4 Å². The van der Waals surface area contributed by atoms with Crippen LogP contribution in [0.1, 0.15) is 16.1 Å². The Bertz CT molecular complexity index is 624. The van der Waals surface area contributed by atoms with Crippen LogP contribution in [-0.2, 0) is 13.0 Å². The fraction of sp³-hybridized carbons (Fsp3) is 0.375. The lowest BCUT2D eigenvalue weighted by atomic mass is 10.1. The highest BCUT2D eigenvalue weighted by atomic mass is 32.1. The number of rotatable bonds is 6. The smallest absolute Gasteiger partial charge is 0.191 e. The number of nitrogens with zero attached hydrogens (tertiary/aromatic N) is 2. The van der Waals surface area contributed by atoms with Gasteiger partial charge in [-0.05, 0) is 25.0 Å². The number of ether oxygens (including phenoxy) is 1. The summed E-state index contributed by atoms with van der Waals surface area (Å²) in [6.45, 7) is 3.55. The Balaban J connectivity index is 1.80. The fourth-order valence-electron chi connectivity index (χ4n) is 2.11. The number of nitrogens with one attached hydrogen (secondary N) is 2. The second kappa shape index (κ2) is 8.38. The van der Waals surface area contributed by atoms with E-state index in [-0.39, 0.29) is 0 Å². The van der Waals surface area contributed by atoms with Gasteiger partial charge in [-0.3, -0.25) is 4.99 Å². The molecule has 0 fully saturated rings. The Morgan fingerprint density at radius 1 is 1.32 bits per heavy atom. The van der Waals surface area contributed by atoms with Crippen molar-refractivity contribution >= 4 is 17.3 Å². The van der Waals surface area contributed by atoms with Crippen LogP contribution >= 0.6 is 11.3 Å². The number of hydrogen-bond donors (Lipinski definition) is 2. The molecule has 0 bridgehead atoms. The number of methoxy groups -OCH3 is 1. The number of benzene rings is 1. The average Bonchev–Trinajstić information content (AvgIpc) is 2.96. The van der Waals surface area contributed by atoms with Crippen LogP contribution in [0.15, 0.2) is 34.8 Å².